The van der Waals surface area contributed by atoms with Gasteiger partial charge in [-0.2, -0.15) is 5.26 Å². The smallest absolute Gasteiger partial charge is 0.147 e. The molecule has 2 rings (SSSR count). The van der Waals surface area contributed by atoms with E-state index in [0.29, 0.717) is 17.1 Å². The first-order chi connectivity index (χ1) is 7.38. The maximum absolute atomic E-state index is 8.67. The zero-order chi connectivity index (χ0) is 10.5. The minimum absolute atomic E-state index is 0.469. The third-order valence-corrected chi connectivity index (χ3v) is 1.71. The highest BCUT2D eigenvalue weighted by Crippen LogP contribution is 2.19. The first kappa shape index (κ1) is 9.16. The molecule has 2 aromatic heterocycles. The van der Waals surface area contributed by atoms with Gasteiger partial charge in [-0.15, -0.1) is 0 Å². The summed E-state index contributed by atoms with van der Waals surface area (Å²) >= 11 is 0. The maximum Gasteiger partial charge on any atom is 0.147 e. The van der Waals surface area contributed by atoms with Crippen molar-refractivity contribution >= 4 is 0 Å². The van der Waals surface area contributed by atoms with Crippen LogP contribution in [-0.2, 0) is 0 Å². The highest BCUT2D eigenvalue weighted by Gasteiger charge is 1.98. The quantitative estimate of drug-likeness (QED) is 0.740. The molecular weight excluding hydrogens is 190 g/mol. The summed E-state index contributed by atoms with van der Waals surface area (Å²) in [7, 11) is 0. The van der Waals surface area contributed by atoms with Crippen LogP contribution in [0.3, 0.4) is 0 Å². The van der Waals surface area contributed by atoms with E-state index >= 15 is 0 Å². The third kappa shape index (κ3) is 2.29. The van der Waals surface area contributed by atoms with E-state index < -0.39 is 0 Å². The van der Waals surface area contributed by atoms with Crippen LogP contribution in [0, 0.1) is 11.3 Å². The van der Waals surface area contributed by atoms with Gasteiger partial charge in [-0.1, -0.05) is 0 Å². The summed E-state index contributed by atoms with van der Waals surface area (Å²) in [6.45, 7) is 0. The Balaban J connectivity index is 2.22. The normalized spacial score (nSPS) is 9.27. The number of nitriles is 1. The van der Waals surface area contributed by atoms with Crippen molar-refractivity contribution in [2.24, 2.45) is 0 Å². The molecule has 0 N–H and O–H groups in total. The Morgan fingerprint density at radius 3 is 2.73 bits per heavy atom. The van der Waals surface area contributed by atoms with Crippen molar-refractivity contribution in [1.82, 2.24) is 9.97 Å². The second kappa shape index (κ2) is 4.20. The lowest BCUT2D eigenvalue weighted by molar-refractivity contribution is 0.478. The lowest BCUT2D eigenvalue weighted by atomic mass is 10.3. The molecule has 0 aliphatic rings. The predicted molar refractivity (Wildman–Crippen MR) is 53.3 cm³/mol. The second-order valence-electron chi connectivity index (χ2n) is 2.81. The van der Waals surface area contributed by atoms with E-state index in [2.05, 4.69) is 9.97 Å². The second-order valence-corrected chi connectivity index (χ2v) is 2.81. The summed E-state index contributed by atoms with van der Waals surface area (Å²) in [6.07, 6.45) is 6.29. The Hall–Kier alpha value is -2.41. The van der Waals surface area contributed by atoms with Crippen LogP contribution in [-0.4, -0.2) is 9.97 Å². The van der Waals surface area contributed by atoms with Gasteiger partial charge in [0.1, 0.15) is 17.6 Å². The molecule has 2 aromatic rings. The van der Waals surface area contributed by atoms with E-state index in [1.165, 1.54) is 6.20 Å². The Morgan fingerprint density at radius 1 is 1.13 bits per heavy atom. The summed E-state index contributed by atoms with van der Waals surface area (Å²) in [5.74, 6) is 1.15. The van der Waals surface area contributed by atoms with E-state index in [1.54, 1.807) is 36.8 Å². The summed E-state index contributed by atoms with van der Waals surface area (Å²) < 4.78 is 5.44. The Labute approximate surface area is 86.8 Å². The molecule has 0 aliphatic carbocycles. The van der Waals surface area contributed by atoms with Gasteiger partial charge in [0.25, 0.3) is 0 Å². The number of hydrogen-bond donors (Lipinski definition) is 0. The van der Waals surface area contributed by atoms with Gasteiger partial charge in [0, 0.05) is 18.5 Å². The average molecular weight is 197 g/mol. The fraction of sp³-hybridized carbons (Fsp3) is 0. The van der Waals surface area contributed by atoms with Crippen molar-refractivity contribution < 1.29 is 4.74 Å². The molecule has 72 valence electrons. The Morgan fingerprint density at radius 2 is 2.00 bits per heavy atom. The molecule has 0 bridgehead atoms. The number of aromatic nitrogens is 2. The largest absolute Gasteiger partial charge is 0.454 e. The zero-order valence-electron chi connectivity index (χ0n) is 7.79. The van der Waals surface area contributed by atoms with Gasteiger partial charge in [-0.25, -0.2) is 0 Å². The summed E-state index contributed by atoms with van der Waals surface area (Å²) in [5.41, 5.74) is 0.469. The van der Waals surface area contributed by atoms with Crippen molar-refractivity contribution in [3.05, 3.63) is 48.5 Å². The van der Waals surface area contributed by atoms with Crippen molar-refractivity contribution in [2.75, 3.05) is 0 Å². The molecule has 0 atom stereocenters. The SMILES string of the molecule is N#Cc1cncc(Oc2cccnc2)c1. The topological polar surface area (TPSA) is 58.8 Å². The maximum atomic E-state index is 8.67. The lowest BCUT2D eigenvalue weighted by Gasteiger charge is -2.03. The molecular formula is C11H7N3O. The Bertz CT molecular complexity index is 491. The van der Waals surface area contributed by atoms with Gasteiger partial charge in [0.05, 0.1) is 18.0 Å². The molecule has 15 heavy (non-hydrogen) atoms. The first-order valence-electron chi connectivity index (χ1n) is 4.31. The molecule has 0 fully saturated rings. The van der Waals surface area contributed by atoms with Crippen LogP contribution in [0.2, 0.25) is 0 Å². The molecule has 0 saturated heterocycles. The lowest BCUT2D eigenvalue weighted by Crippen LogP contribution is -1.87. The van der Waals surface area contributed by atoms with Crippen LogP contribution in [0.25, 0.3) is 0 Å². The molecule has 0 aliphatic heterocycles. The molecule has 2 heterocycles. The van der Waals surface area contributed by atoms with Gasteiger partial charge < -0.3 is 4.74 Å². The number of ether oxygens (including phenoxy) is 1. The number of hydrogen-bond acceptors (Lipinski definition) is 4. The molecule has 4 heteroatoms. The molecule has 4 nitrogen and oxygen atoms in total. The molecule has 0 amide bonds. The van der Waals surface area contributed by atoms with Crippen molar-refractivity contribution in [1.29, 1.82) is 5.26 Å². The Kier molecular flexibility index (Phi) is 2.56. The van der Waals surface area contributed by atoms with Gasteiger partial charge in [-0.05, 0) is 12.1 Å². The number of pyridine rings is 2. The van der Waals surface area contributed by atoms with Crippen molar-refractivity contribution in [2.45, 2.75) is 0 Å². The van der Waals surface area contributed by atoms with E-state index in [1.807, 2.05) is 6.07 Å². The van der Waals surface area contributed by atoms with Crippen LogP contribution in [0.4, 0.5) is 0 Å². The van der Waals surface area contributed by atoms with E-state index in [4.69, 9.17) is 10.00 Å². The predicted octanol–water partition coefficient (Wildman–Crippen LogP) is 2.14. The standard InChI is InChI=1S/C11H7N3O/c12-5-9-4-11(8-14-6-9)15-10-2-1-3-13-7-10/h1-4,6-8H. The first-order valence-corrected chi connectivity index (χ1v) is 4.31. The highest BCUT2D eigenvalue weighted by atomic mass is 16.5. The fourth-order valence-electron chi connectivity index (χ4n) is 1.08. The van der Waals surface area contributed by atoms with E-state index in [-0.39, 0.29) is 0 Å². The van der Waals surface area contributed by atoms with Crippen molar-refractivity contribution in [3.63, 3.8) is 0 Å². The summed E-state index contributed by atoms with van der Waals surface area (Å²) in [4.78, 5) is 7.80. The van der Waals surface area contributed by atoms with Crippen LogP contribution >= 0.6 is 0 Å². The van der Waals surface area contributed by atoms with E-state index in [9.17, 15) is 0 Å². The fourth-order valence-corrected chi connectivity index (χ4v) is 1.08. The average Bonchev–Trinajstić information content (AvgIpc) is 2.31. The highest BCUT2D eigenvalue weighted by molar-refractivity contribution is 5.34. The summed E-state index contributed by atoms with van der Waals surface area (Å²) in [6, 6.07) is 7.18. The van der Waals surface area contributed by atoms with Crippen LogP contribution in [0.15, 0.2) is 43.0 Å². The van der Waals surface area contributed by atoms with Gasteiger partial charge >= 0.3 is 0 Å². The monoisotopic (exact) mass is 197 g/mol. The van der Waals surface area contributed by atoms with Gasteiger partial charge in [0.2, 0.25) is 0 Å². The summed E-state index contributed by atoms with van der Waals surface area (Å²) in [5, 5.41) is 8.67. The van der Waals surface area contributed by atoms with Gasteiger partial charge in [0.15, 0.2) is 0 Å². The van der Waals surface area contributed by atoms with Gasteiger partial charge in [-0.3, -0.25) is 9.97 Å². The zero-order valence-corrected chi connectivity index (χ0v) is 7.79. The van der Waals surface area contributed by atoms with Crippen LogP contribution in [0.1, 0.15) is 5.56 Å². The van der Waals surface area contributed by atoms with Crippen LogP contribution < -0.4 is 4.74 Å². The number of nitrogens with zero attached hydrogens (tertiary/aromatic N) is 3. The molecule has 0 aromatic carbocycles. The molecule has 0 unspecified atom stereocenters. The minimum Gasteiger partial charge on any atom is -0.454 e. The van der Waals surface area contributed by atoms with Crippen molar-refractivity contribution in [3.8, 4) is 17.6 Å². The van der Waals surface area contributed by atoms with Crippen LogP contribution in [0.5, 0.6) is 11.5 Å². The minimum atomic E-state index is 0.469. The number of rotatable bonds is 2. The molecule has 0 radical (unpaired) electrons. The third-order valence-electron chi connectivity index (χ3n) is 1.71. The molecule has 0 saturated carbocycles. The molecule has 0 spiro atoms. The van der Waals surface area contributed by atoms with E-state index in [0.717, 1.165) is 0 Å².